The van der Waals surface area contributed by atoms with Crippen molar-refractivity contribution in [1.29, 1.82) is 0 Å². The maximum atomic E-state index is 11.5. The number of carbonyl (C=O) groups is 1. The summed E-state index contributed by atoms with van der Waals surface area (Å²) in [6.07, 6.45) is 0.521. The topological polar surface area (TPSA) is 63.3 Å². The molecule has 0 unspecified atom stereocenters. The van der Waals surface area contributed by atoms with Gasteiger partial charge in [-0.3, -0.25) is 0 Å². The van der Waals surface area contributed by atoms with Crippen molar-refractivity contribution in [2.45, 2.75) is 20.3 Å². The fourth-order valence-corrected chi connectivity index (χ4v) is 2.52. The third-order valence-electron chi connectivity index (χ3n) is 2.75. The maximum absolute atomic E-state index is 11.5. The van der Waals surface area contributed by atoms with Crippen LogP contribution in [-0.4, -0.2) is 16.2 Å². The van der Waals surface area contributed by atoms with E-state index in [-0.39, 0.29) is 11.5 Å². The van der Waals surface area contributed by atoms with Crippen LogP contribution in [0.25, 0.3) is 11.3 Å². The Morgan fingerprint density at radius 1 is 1.50 bits per heavy atom. The zero-order chi connectivity index (χ0) is 14.9. The molecule has 2 rings (SSSR count). The molecule has 0 atom stereocenters. The maximum Gasteiger partial charge on any atom is 0.341 e. The number of rotatable bonds is 4. The number of benzene rings is 1. The minimum Gasteiger partial charge on any atom is -0.477 e. The molecule has 106 valence electrons. The van der Waals surface area contributed by atoms with E-state index in [1.165, 1.54) is 0 Å². The van der Waals surface area contributed by atoms with E-state index in [4.69, 9.17) is 16.1 Å². The van der Waals surface area contributed by atoms with Gasteiger partial charge in [-0.15, -0.1) is 0 Å². The van der Waals surface area contributed by atoms with Crippen molar-refractivity contribution in [3.05, 3.63) is 39.0 Å². The number of halogens is 2. The molecule has 6 heteroatoms. The smallest absolute Gasteiger partial charge is 0.341 e. The van der Waals surface area contributed by atoms with Crippen LogP contribution in [0, 0.1) is 5.92 Å². The first kappa shape index (κ1) is 15.1. The molecule has 0 saturated heterocycles. The van der Waals surface area contributed by atoms with Gasteiger partial charge in [0.15, 0.2) is 5.76 Å². The Labute approximate surface area is 129 Å². The number of carboxylic acid groups (broad SMARTS) is 1. The summed E-state index contributed by atoms with van der Waals surface area (Å²) < 4.78 is 5.94. The largest absolute Gasteiger partial charge is 0.477 e. The normalized spacial score (nSPS) is 11.1. The number of carboxylic acids is 1. The highest BCUT2D eigenvalue weighted by molar-refractivity contribution is 9.10. The van der Waals surface area contributed by atoms with E-state index >= 15 is 0 Å². The van der Waals surface area contributed by atoms with Crippen LogP contribution in [0.5, 0.6) is 0 Å². The van der Waals surface area contributed by atoms with Gasteiger partial charge in [0.05, 0.1) is 0 Å². The van der Waals surface area contributed by atoms with Crippen LogP contribution in [0.15, 0.2) is 27.2 Å². The quantitative estimate of drug-likeness (QED) is 0.863. The summed E-state index contributed by atoms with van der Waals surface area (Å²) in [5, 5.41) is 13.8. The molecule has 0 aliphatic heterocycles. The molecular formula is C14H13BrClNO3. The summed E-state index contributed by atoms with van der Waals surface area (Å²) in [7, 11) is 0. The van der Waals surface area contributed by atoms with Crippen LogP contribution in [0.4, 0.5) is 0 Å². The molecule has 20 heavy (non-hydrogen) atoms. The van der Waals surface area contributed by atoms with E-state index in [9.17, 15) is 9.90 Å². The van der Waals surface area contributed by atoms with Gasteiger partial charge in [0.1, 0.15) is 11.3 Å². The minimum absolute atomic E-state index is 0.0988. The molecule has 1 heterocycles. The van der Waals surface area contributed by atoms with E-state index in [2.05, 4.69) is 21.1 Å². The third-order valence-corrected chi connectivity index (χ3v) is 3.68. The van der Waals surface area contributed by atoms with Gasteiger partial charge < -0.3 is 9.63 Å². The molecule has 0 radical (unpaired) electrons. The average molecular weight is 359 g/mol. The summed E-state index contributed by atoms with van der Waals surface area (Å²) in [4.78, 5) is 11.5. The lowest BCUT2D eigenvalue weighted by molar-refractivity contribution is 0.0695. The summed E-state index contributed by atoms with van der Waals surface area (Å²) in [6.45, 7) is 3.98. The predicted octanol–water partition coefficient (Wildman–Crippen LogP) is 4.65. The average Bonchev–Trinajstić information content (AvgIpc) is 2.75. The van der Waals surface area contributed by atoms with E-state index in [1.54, 1.807) is 18.2 Å². The molecular weight excluding hydrogens is 346 g/mol. The summed E-state index contributed by atoms with van der Waals surface area (Å²) in [5.74, 6) is -0.394. The second-order valence-electron chi connectivity index (χ2n) is 4.86. The Morgan fingerprint density at radius 2 is 2.20 bits per heavy atom. The van der Waals surface area contributed by atoms with Crippen LogP contribution < -0.4 is 0 Å². The van der Waals surface area contributed by atoms with E-state index in [0.29, 0.717) is 32.9 Å². The molecule has 4 nitrogen and oxygen atoms in total. The molecule has 0 spiro atoms. The molecule has 1 aromatic carbocycles. The molecule has 0 fully saturated rings. The highest BCUT2D eigenvalue weighted by Gasteiger charge is 2.25. The van der Waals surface area contributed by atoms with Crippen molar-refractivity contribution in [2.24, 2.45) is 5.92 Å². The molecule has 0 amide bonds. The van der Waals surface area contributed by atoms with Crippen LogP contribution in [0.3, 0.4) is 0 Å². The Morgan fingerprint density at radius 3 is 2.80 bits per heavy atom. The monoisotopic (exact) mass is 357 g/mol. The van der Waals surface area contributed by atoms with Crippen LogP contribution in [0.1, 0.15) is 30.0 Å². The molecule has 0 aliphatic carbocycles. The SMILES string of the molecule is CC(C)Cc1onc(-c2cc(Cl)ccc2Br)c1C(=O)O. The summed E-state index contributed by atoms with van der Waals surface area (Å²) >= 11 is 9.34. The van der Waals surface area contributed by atoms with E-state index in [0.717, 1.165) is 0 Å². The van der Waals surface area contributed by atoms with Gasteiger partial charge in [-0.25, -0.2) is 4.79 Å². The van der Waals surface area contributed by atoms with Crippen molar-refractivity contribution >= 4 is 33.5 Å². The zero-order valence-corrected chi connectivity index (χ0v) is 13.3. The fourth-order valence-electron chi connectivity index (χ4n) is 1.92. The van der Waals surface area contributed by atoms with Gasteiger partial charge in [0.25, 0.3) is 0 Å². The molecule has 1 aromatic heterocycles. The number of nitrogens with zero attached hydrogens (tertiary/aromatic N) is 1. The molecule has 2 aromatic rings. The third kappa shape index (κ3) is 3.04. The lowest BCUT2D eigenvalue weighted by Gasteiger charge is -2.04. The number of hydrogen-bond acceptors (Lipinski definition) is 3. The van der Waals surface area contributed by atoms with Crippen molar-refractivity contribution in [3.8, 4) is 11.3 Å². The number of aromatic nitrogens is 1. The molecule has 0 aliphatic rings. The van der Waals surface area contributed by atoms with E-state index < -0.39 is 5.97 Å². The first-order valence-electron chi connectivity index (χ1n) is 6.07. The minimum atomic E-state index is -1.05. The van der Waals surface area contributed by atoms with Crippen LogP contribution in [0.2, 0.25) is 5.02 Å². The standard InChI is InChI=1S/C14H13BrClNO3/c1-7(2)5-11-12(14(18)19)13(17-20-11)9-6-8(16)3-4-10(9)15/h3-4,6-7H,5H2,1-2H3,(H,18,19). The highest BCUT2D eigenvalue weighted by Crippen LogP contribution is 2.34. The van der Waals surface area contributed by atoms with Crippen molar-refractivity contribution in [2.75, 3.05) is 0 Å². The number of hydrogen-bond donors (Lipinski definition) is 1. The van der Waals surface area contributed by atoms with Crippen molar-refractivity contribution < 1.29 is 14.4 Å². The number of aromatic carboxylic acids is 1. The van der Waals surface area contributed by atoms with Crippen LogP contribution >= 0.6 is 27.5 Å². The second kappa shape index (κ2) is 5.97. The van der Waals surface area contributed by atoms with Gasteiger partial charge in [-0.2, -0.15) is 0 Å². The fraction of sp³-hybridized carbons (Fsp3) is 0.286. The Bertz CT molecular complexity index is 652. The Balaban J connectivity index is 2.59. The second-order valence-corrected chi connectivity index (χ2v) is 6.15. The van der Waals surface area contributed by atoms with Gasteiger partial charge in [0, 0.05) is 21.5 Å². The molecule has 1 N–H and O–H groups in total. The lowest BCUT2D eigenvalue weighted by atomic mass is 10.0. The van der Waals surface area contributed by atoms with Crippen molar-refractivity contribution in [3.63, 3.8) is 0 Å². The Hall–Kier alpha value is -1.33. The zero-order valence-electron chi connectivity index (χ0n) is 11.0. The summed E-state index contributed by atoms with van der Waals surface area (Å²) in [6, 6.07) is 5.12. The Kier molecular flexibility index (Phi) is 4.50. The van der Waals surface area contributed by atoms with Crippen LogP contribution in [-0.2, 0) is 6.42 Å². The molecule has 0 saturated carbocycles. The summed E-state index contributed by atoms with van der Waals surface area (Å²) in [5.41, 5.74) is 0.998. The first-order chi connectivity index (χ1) is 9.40. The first-order valence-corrected chi connectivity index (χ1v) is 7.24. The molecule has 0 bridgehead atoms. The highest BCUT2D eigenvalue weighted by atomic mass is 79.9. The van der Waals surface area contributed by atoms with Gasteiger partial charge in [-0.05, 0) is 24.1 Å². The van der Waals surface area contributed by atoms with Crippen molar-refractivity contribution in [1.82, 2.24) is 5.16 Å². The van der Waals surface area contributed by atoms with Gasteiger partial charge in [0.2, 0.25) is 0 Å². The van der Waals surface area contributed by atoms with Gasteiger partial charge >= 0.3 is 5.97 Å². The van der Waals surface area contributed by atoms with E-state index in [1.807, 2.05) is 13.8 Å². The predicted molar refractivity (Wildman–Crippen MR) is 80.2 cm³/mol. The van der Waals surface area contributed by atoms with Gasteiger partial charge in [-0.1, -0.05) is 46.5 Å². The lowest BCUT2D eigenvalue weighted by Crippen LogP contribution is -2.04.